The van der Waals surface area contributed by atoms with Crippen molar-refractivity contribution in [1.29, 1.82) is 0 Å². The van der Waals surface area contributed by atoms with Crippen LogP contribution in [0.25, 0.3) is 0 Å². The number of amides is 4. The van der Waals surface area contributed by atoms with Crippen LogP contribution in [0.1, 0.15) is 65.7 Å². The van der Waals surface area contributed by atoms with Gasteiger partial charge in [-0.15, -0.1) is 0 Å². The molecule has 0 bridgehead atoms. The van der Waals surface area contributed by atoms with E-state index in [0.29, 0.717) is 124 Å². The van der Waals surface area contributed by atoms with Gasteiger partial charge in [0.05, 0.1) is 106 Å². The van der Waals surface area contributed by atoms with Gasteiger partial charge in [0.25, 0.3) is 0 Å². The van der Waals surface area contributed by atoms with Crippen LogP contribution in [0.3, 0.4) is 0 Å². The maximum absolute atomic E-state index is 11.8. The van der Waals surface area contributed by atoms with E-state index in [2.05, 4.69) is 31.4 Å². The number of ether oxygens (including phenoxy) is 8. The predicted octanol–water partition coefficient (Wildman–Crippen LogP) is 1.50. The van der Waals surface area contributed by atoms with E-state index in [-0.39, 0.29) is 49.4 Å². The smallest absolute Gasteiger partial charge is 0.229 e. The van der Waals surface area contributed by atoms with Gasteiger partial charge in [-0.3, -0.25) is 24.1 Å². The molecule has 1 aliphatic rings. The summed E-state index contributed by atoms with van der Waals surface area (Å²) in [4.78, 5) is 47.8. The van der Waals surface area contributed by atoms with Crippen LogP contribution >= 0.6 is 0 Å². The highest BCUT2D eigenvalue weighted by molar-refractivity contribution is 6.02. The standard InChI is InChI=1S/C34H63N3O12/c1-34(2,3)10-4-5-11-35-31(39)9-14-42-16-18-44-20-22-46-24-26-48-28-29-49-27-25-47-23-21-45-19-17-43-15-12-36-30(38)8-13-37-32(40)6-7-33(37)41/h4-29H2,1-3H3,(H,35,39)(H,36,38). The molecule has 0 saturated carbocycles. The van der Waals surface area contributed by atoms with Crippen molar-refractivity contribution < 1.29 is 57.1 Å². The predicted molar refractivity (Wildman–Crippen MR) is 181 cm³/mol. The molecule has 0 aliphatic carbocycles. The minimum absolute atomic E-state index is 0.0253. The lowest BCUT2D eigenvalue weighted by atomic mass is 9.90. The molecule has 1 saturated heterocycles. The summed E-state index contributed by atoms with van der Waals surface area (Å²) in [5, 5.41) is 5.63. The molecule has 2 N–H and O–H groups in total. The summed E-state index contributed by atoms with van der Waals surface area (Å²) in [6.07, 6.45) is 4.19. The first-order chi connectivity index (χ1) is 23.7. The molecule has 0 unspecified atom stereocenters. The highest BCUT2D eigenvalue weighted by atomic mass is 16.6. The molecule has 15 heteroatoms. The van der Waals surface area contributed by atoms with Crippen LogP contribution in [-0.2, 0) is 57.1 Å². The van der Waals surface area contributed by atoms with Crippen LogP contribution in [-0.4, -0.2) is 154 Å². The molecule has 0 atom stereocenters. The number of hydrogen-bond donors (Lipinski definition) is 2. The average molecular weight is 706 g/mol. The number of rotatable bonds is 34. The van der Waals surface area contributed by atoms with Crippen molar-refractivity contribution >= 4 is 23.6 Å². The summed E-state index contributed by atoms with van der Waals surface area (Å²) >= 11 is 0. The van der Waals surface area contributed by atoms with Gasteiger partial charge in [-0.05, 0) is 18.3 Å². The van der Waals surface area contributed by atoms with E-state index in [1.807, 2.05) is 0 Å². The van der Waals surface area contributed by atoms with Crippen molar-refractivity contribution in [3.05, 3.63) is 0 Å². The molecule has 1 heterocycles. The molecule has 1 rings (SSSR count). The largest absolute Gasteiger partial charge is 0.379 e. The molecular weight excluding hydrogens is 642 g/mol. The lowest BCUT2D eigenvalue weighted by Crippen LogP contribution is -2.35. The Labute approximate surface area is 292 Å². The maximum atomic E-state index is 11.8. The minimum Gasteiger partial charge on any atom is -0.379 e. The number of hydrogen-bond acceptors (Lipinski definition) is 12. The molecule has 0 radical (unpaired) electrons. The highest BCUT2D eigenvalue weighted by Crippen LogP contribution is 2.21. The molecule has 4 amide bonds. The number of likely N-dealkylation sites (tertiary alicyclic amines) is 1. The van der Waals surface area contributed by atoms with Crippen LogP contribution in [0.4, 0.5) is 0 Å². The quantitative estimate of drug-likeness (QED) is 0.0732. The van der Waals surface area contributed by atoms with E-state index >= 15 is 0 Å². The SMILES string of the molecule is CC(C)(C)CCCCNC(=O)CCOCCOCCOCCOCCOCCOCCOCCOCCNC(=O)CCN1C(=O)CCC1=O. The van der Waals surface area contributed by atoms with Crippen molar-refractivity contribution in [3.8, 4) is 0 Å². The van der Waals surface area contributed by atoms with Crippen LogP contribution in [0.15, 0.2) is 0 Å². The molecular formula is C34H63N3O12. The molecule has 49 heavy (non-hydrogen) atoms. The Morgan fingerprint density at radius 1 is 0.531 bits per heavy atom. The fourth-order valence-electron chi connectivity index (χ4n) is 4.34. The Balaban J connectivity index is 1.68. The van der Waals surface area contributed by atoms with Gasteiger partial charge in [0.15, 0.2) is 0 Å². The Morgan fingerprint density at radius 3 is 1.33 bits per heavy atom. The van der Waals surface area contributed by atoms with Crippen molar-refractivity contribution in [1.82, 2.24) is 15.5 Å². The van der Waals surface area contributed by atoms with Gasteiger partial charge in [-0.1, -0.05) is 27.2 Å². The lowest BCUT2D eigenvalue weighted by molar-refractivity contribution is -0.138. The van der Waals surface area contributed by atoms with E-state index in [1.54, 1.807) is 0 Å². The number of nitrogens with zero attached hydrogens (tertiary/aromatic N) is 1. The molecule has 0 aromatic rings. The fourth-order valence-corrected chi connectivity index (χ4v) is 4.34. The zero-order valence-corrected chi connectivity index (χ0v) is 30.2. The normalized spacial score (nSPS) is 13.4. The molecule has 0 spiro atoms. The lowest BCUT2D eigenvalue weighted by Gasteiger charge is -2.17. The van der Waals surface area contributed by atoms with Crippen molar-refractivity contribution in [2.75, 3.05) is 125 Å². The van der Waals surface area contributed by atoms with E-state index in [4.69, 9.17) is 37.9 Å². The van der Waals surface area contributed by atoms with Gasteiger partial charge < -0.3 is 48.5 Å². The summed E-state index contributed by atoms with van der Waals surface area (Å²) in [5.74, 6) is -0.634. The molecule has 15 nitrogen and oxygen atoms in total. The van der Waals surface area contributed by atoms with Gasteiger partial charge in [0.1, 0.15) is 0 Å². The Bertz CT molecular complexity index is 856. The maximum Gasteiger partial charge on any atom is 0.229 e. The zero-order chi connectivity index (χ0) is 35.8. The Morgan fingerprint density at radius 2 is 0.898 bits per heavy atom. The summed E-state index contributed by atoms with van der Waals surface area (Å²) in [7, 11) is 0. The summed E-state index contributed by atoms with van der Waals surface area (Å²) in [5.41, 5.74) is 0.341. The monoisotopic (exact) mass is 705 g/mol. The zero-order valence-electron chi connectivity index (χ0n) is 30.2. The molecule has 0 aromatic heterocycles. The van der Waals surface area contributed by atoms with E-state index < -0.39 is 0 Å². The second-order valence-corrected chi connectivity index (χ2v) is 12.6. The molecule has 286 valence electrons. The van der Waals surface area contributed by atoms with Gasteiger partial charge >= 0.3 is 0 Å². The number of carbonyl (C=O) groups excluding carboxylic acids is 4. The number of nitrogens with one attached hydrogen (secondary N) is 2. The number of carbonyl (C=O) groups is 4. The van der Waals surface area contributed by atoms with Crippen LogP contribution in [0.5, 0.6) is 0 Å². The van der Waals surface area contributed by atoms with Gasteiger partial charge in [-0.25, -0.2) is 0 Å². The first-order valence-electron chi connectivity index (χ1n) is 17.7. The Hall–Kier alpha value is -2.24. The third-order valence-corrected chi connectivity index (χ3v) is 7.04. The number of imide groups is 1. The highest BCUT2D eigenvalue weighted by Gasteiger charge is 2.28. The van der Waals surface area contributed by atoms with Gasteiger partial charge in [0.2, 0.25) is 23.6 Å². The number of unbranched alkanes of at least 4 members (excludes halogenated alkanes) is 1. The van der Waals surface area contributed by atoms with E-state index in [9.17, 15) is 19.2 Å². The topological polar surface area (TPSA) is 169 Å². The minimum atomic E-state index is -0.226. The van der Waals surface area contributed by atoms with Crippen molar-refractivity contribution in [2.24, 2.45) is 5.41 Å². The van der Waals surface area contributed by atoms with E-state index in [1.165, 1.54) is 0 Å². The summed E-state index contributed by atoms with van der Waals surface area (Å²) < 4.78 is 43.6. The molecule has 1 fully saturated rings. The average Bonchev–Trinajstić information content (AvgIpc) is 3.38. The van der Waals surface area contributed by atoms with Gasteiger partial charge in [0, 0.05) is 45.3 Å². The van der Waals surface area contributed by atoms with E-state index in [0.717, 1.165) is 30.7 Å². The third-order valence-electron chi connectivity index (χ3n) is 7.04. The summed E-state index contributed by atoms with van der Waals surface area (Å²) in [6, 6.07) is 0. The first kappa shape index (κ1) is 44.8. The third kappa shape index (κ3) is 29.2. The molecule has 1 aliphatic heterocycles. The van der Waals surface area contributed by atoms with Gasteiger partial charge in [-0.2, -0.15) is 0 Å². The second-order valence-electron chi connectivity index (χ2n) is 12.6. The van der Waals surface area contributed by atoms with Crippen LogP contribution in [0, 0.1) is 5.41 Å². The second kappa shape index (κ2) is 30.6. The van der Waals surface area contributed by atoms with Crippen LogP contribution < -0.4 is 10.6 Å². The fraction of sp³-hybridized carbons (Fsp3) is 0.882. The Kier molecular flexibility index (Phi) is 27.9. The first-order valence-corrected chi connectivity index (χ1v) is 17.7. The van der Waals surface area contributed by atoms with Crippen LogP contribution in [0.2, 0.25) is 0 Å². The molecule has 0 aromatic carbocycles. The van der Waals surface area contributed by atoms with Crippen molar-refractivity contribution in [2.45, 2.75) is 65.7 Å². The summed E-state index contributed by atoms with van der Waals surface area (Å²) in [6.45, 7) is 15.0. The van der Waals surface area contributed by atoms with Crippen molar-refractivity contribution in [3.63, 3.8) is 0 Å².